The largest absolute Gasteiger partial charge is 0.324 e. The second kappa shape index (κ2) is 7.61. The zero-order chi connectivity index (χ0) is 19.5. The van der Waals surface area contributed by atoms with Gasteiger partial charge >= 0.3 is 0 Å². The second-order valence-electron chi connectivity index (χ2n) is 5.95. The van der Waals surface area contributed by atoms with Gasteiger partial charge < -0.3 is 5.32 Å². The highest BCUT2D eigenvalue weighted by Crippen LogP contribution is 2.28. The monoisotopic (exact) mass is 435 g/mol. The summed E-state index contributed by atoms with van der Waals surface area (Å²) >= 11 is 3.42. The Hall–Kier alpha value is -3.52. The van der Waals surface area contributed by atoms with Gasteiger partial charge in [0.2, 0.25) is 5.95 Å². The SMILES string of the molecule is O=[N+]([O-])c1ccc(-n2c(Nc3ccc(Br)cc3)nnc2-c2ccccc2)cc1. The van der Waals surface area contributed by atoms with Crippen LogP contribution >= 0.6 is 15.9 Å². The average Bonchev–Trinajstić information content (AvgIpc) is 3.14. The summed E-state index contributed by atoms with van der Waals surface area (Å²) in [5.41, 5.74) is 2.48. The quantitative estimate of drug-likeness (QED) is 0.337. The zero-order valence-corrected chi connectivity index (χ0v) is 16.1. The summed E-state index contributed by atoms with van der Waals surface area (Å²) in [6.45, 7) is 0. The van der Waals surface area contributed by atoms with Crippen LogP contribution in [0.4, 0.5) is 17.3 Å². The highest BCUT2D eigenvalue weighted by atomic mass is 79.9. The second-order valence-corrected chi connectivity index (χ2v) is 6.87. The minimum absolute atomic E-state index is 0.0282. The number of nitrogens with one attached hydrogen (secondary N) is 1. The molecule has 0 spiro atoms. The molecule has 0 fully saturated rings. The van der Waals surface area contributed by atoms with Gasteiger partial charge in [0.25, 0.3) is 5.69 Å². The smallest absolute Gasteiger partial charge is 0.269 e. The van der Waals surface area contributed by atoms with Crippen molar-refractivity contribution in [2.45, 2.75) is 0 Å². The van der Waals surface area contributed by atoms with E-state index in [9.17, 15) is 10.1 Å². The van der Waals surface area contributed by atoms with Crippen LogP contribution in [0.25, 0.3) is 17.1 Å². The van der Waals surface area contributed by atoms with Crippen molar-refractivity contribution in [1.82, 2.24) is 14.8 Å². The van der Waals surface area contributed by atoms with E-state index in [0.29, 0.717) is 17.5 Å². The van der Waals surface area contributed by atoms with Crippen LogP contribution < -0.4 is 5.32 Å². The average molecular weight is 436 g/mol. The molecule has 0 aliphatic heterocycles. The summed E-state index contributed by atoms with van der Waals surface area (Å²) in [6.07, 6.45) is 0. The molecule has 7 nitrogen and oxygen atoms in total. The lowest BCUT2D eigenvalue weighted by atomic mass is 10.2. The molecule has 8 heteroatoms. The van der Waals surface area contributed by atoms with E-state index in [1.807, 2.05) is 59.2 Å². The van der Waals surface area contributed by atoms with E-state index in [0.717, 1.165) is 15.7 Å². The number of halogens is 1. The van der Waals surface area contributed by atoms with Gasteiger partial charge in [0, 0.05) is 27.9 Å². The molecule has 0 atom stereocenters. The molecule has 28 heavy (non-hydrogen) atoms. The van der Waals surface area contributed by atoms with Gasteiger partial charge in [0.1, 0.15) is 0 Å². The molecule has 0 aliphatic carbocycles. The Morgan fingerprint density at radius 2 is 1.57 bits per heavy atom. The van der Waals surface area contributed by atoms with Crippen LogP contribution in [0.3, 0.4) is 0 Å². The maximum Gasteiger partial charge on any atom is 0.269 e. The molecule has 3 aromatic carbocycles. The number of non-ortho nitro benzene ring substituents is 1. The molecule has 138 valence electrons. The van der Waals surface area contributed by atoms with Crippen molar-refractivity contribution in [3.8, 4) is 17.1 Å². The van der Waals surface area contributed by atoms with Gasteiger partial charge in [-0.25, -0.2) is 0 Å². The number of hydrogen-bond donors (Lipinski definition) is 1. The number of rotatable bonds is 5. The van der Waals surface area contributed by atoms with Crippen molar-refractivity contribution in [2.75, 3.05) is 5.32 Å². The first-order valence-corrected chi connectivity index (χ1v) is 9.19. The molecule has 0 unspecified atom stereocenters. The van der Waals surface area contributed by atoms with E-state index in [4.69, 9.17) is 0 Å². The number of hydrogen-bond acceptors (Lipinski definition) is 5. The molecule has 0 aliphatic rings. The molecule has 0 saturated heterocycles. The van der Waals surface area contributed by atoms with Crippen LogP contribution in [0.5, 0.6) is 0 Å². The molecule has 4 aromatic rings. The van der Waals surface area contributed by atoms with Gasteiger partial charge in [-0.3, -0.25) is 14.7 Å². The van der Waals surface area contributed by atoms with Gasteiger partial charge in [0.15, 0.2) is 5.82 Å². The minimum atomic E-state index is -0.422. The number of nitrogens with zero attached hydrogens (tertiary/aromatic N) is 4. The first kappa shape index (κ1) is 17.9. The number of nitro groups is 1. The molecule has 0 saturated carbocycles. The third-order valence-electron chi connectivity index (χ3n) is 4.11. The molecule has 0 amide bonds. The fourth-order valence-electron chi connectivity index (χ4n) is 2.77. The lowest BCUT2D eigenvalue weighted by Gasteiger charge is -2.12. The molecule has 4 rings (SSSR count). The van der Waals surface area contributed by atoms with Crippen LogP contribution in [-0.4, -0.2) is 19.7 Å². The highest BCUT2D eigenvalue weighted by Gasteiger charge is 2.17. The molecule has 0 bridgehead atoms. The Bertz CT molecular complexity index is 1110. The summed E-state index contributed by atoms with van der Waals surface area (Å²) in [6, 6.07) is 23.6. The lowest BCUT2D eigenvalue weighted by Crippen LogP contribution is -2.03. The molecule has 0 radical (unpaired) electrons. The van der Waals surface area contributed by atoms with E-state index in [1.54, 1.807) is 12.1 Å². The predicted octanol–water partition coefficient (Wildman–Crippen LogP) is 5.35. The van der Waals surface area contributed by atoms with Gasteiger partial charge in [-0.1, -0.05) is 46.3 Å². The van der Waals surface area contributed by atoms with Crippen LogP contribution in [-0.2, 0) is 0 Å². The molecular weight excluding hydrogens is 422 g/mol. The number of benzene rings is 3. The third kappa shape index (κ3) is 3.63. The van der Waals surface area contributed by atoms with Gasteiger partial charge in [0.05, 0.1) is 10.6 Å². The van der Waals surface area contributed by atoms with Crippen LogP contribution in [0.15, 0.2) is 83.3 Å². The van der Waals surface area contributed by atoms with Gasteiger partial charge in [-0.15, -0.1) is 10.2 Å². The van der Waals surface area contributed by atoms with Crippen molar-refractivity contribution in [3.05, 3.63) is 93.4 Å². The van der Waals surface area contributed by atoms with Crippen LogP contribution in [0.2, 0.25) is 0 Å². The summed E-state index contributed by atoms with van der Waals surface area (Å²) in [4.78, 5) is 10.6. The first-order chi connectivity index (χ1) is 13.6. The first-order valence-electron chi connectivity index (χ1n) is 8.40. The van der Waals surface area contributed by atoms with E-state index in [2.05, 4.69) is 31.4 Å². The summed E-state index contributed by atoms with van der Waals surface area (Å²) in [7, 11) is 0. The zero-order valence-electron chi connectivity index (χ0n) is 14.5. The summed E-state index contributed by atoms with van der Waals surface area (Å²) in [5, 5.41) is 22.9. The topological polar surface area (TPSA) is 85.9 Å². The Morgan fingerprint density at radius 3 is 2.21 bits per heavy atom. The standard InChI is InChI=1S/C20H14BrN5O2/c21-15-6-8-16(9-7-15)22-20-24-23-19(14-4-2-1-3-5-14)25(20)17-10-12-18(13-11-17)26(27)28/h1-13H,(H,22,24). The Labute approximate surface area is 168 Å². The highest BCUT2D eigenvalue weighted by molar-refractivity contribution is 9.10. The number of anilines is 2. The minimum Gasteiger partial charge on any atom is -0.324 e. The maximum absolute atomic E-state index is 11.0. The van der Waals surface area contributed by atoms with Gasteiger partial charge in [-0.2, -0.15) is 0 Å². The molecule has 1 aromatic heterocycles. The van der Waals surface area contributed by atoms with E-state index in [1.165, 1.54) is 12.1 Å². The predicted molar refractivity (Wildman–Crippen MR) is 111 cm³/mol. The van der Waals surface area contributed by atoms with Crippen molar-refractivity contribution in [1.29, 1.82) is 0 Å². The molecular formula is C20H14BrN5O2. The Morgan fingerprint density at radius 1 is 0.893 bits per heavy atom. The lowest BCUT2D eigenvalue weighted by molar-refractivity contribution is -0.384. The summed E-state index contributed by atoms with van der Waals surface area (Å²) in [5.74, 6) is 1.14. The van der Waals surface area contributed by atoms with Crippen LogP contribution in [0.1, 0.15) is 0 Å². The Balaban J connectivity index is 1.81. The molecule has 1 N–H and O–H groups in total. The number of nitro benzene ring substituents is 1. The van der Waals surface area contributed by atoms with Crippen molar-refractivity contribution >= 4 is 33.3 Å². The van der Waals surface area contributed by atoms with Crippen LogP contribution in [0, 0.1) is 10.1 Å². The summed E-state index contributed by atoms with van der Waals surface area (Å²) < 4.78 is 2.81. The van der Waals surface area contributed by atoms with Crippen molar-refractivity contribution in [3.63, 3.8) is 0 Å². The Kier molecular flexibility index (Phi) is 4.86. The van der Waals surface area contributed by atoms with E-state index >= 15 is 0 Å². The van der Waals surface area contributed by atoms with Crippen molar-refractivity contribution in [2.24, 2.45) is 0 Å². The maximum atomic E-state index is 11.0. The fraction of sp³-hybridized carbons (Fsp3) is 0. The normalized spacial score (nSPS) is 10.6. The number of aromatic nitrogens is 3. The van der Waals surface area contributed by atoms with E-state index < -0.39 is 4.92 Å². The third-order valence-corrected chi connectivity index (χ3v) is 4.64. The fourth-order valence-corrected chi connectivity index (χ4v) is 3.03. The molecule has 1 heterocycles. The van der Waals surface area contributed by atoms with E-state index in [-0.39, 0.29) is 5.69 Å². The van der Waals surface area contributed by atoms with Crippen molar-refractivity contribution < 1.29 is 4.92 Å². The van der Waals surface area contributed by atoms with Gasteiger partial charge in [-0.05, 0) is 36.4 Å².